The van der Waals surface area contributed by atoms with E-state index in [0.29, 0.717) is 6.04 Å². The lowest BCUT2D eigenvalue weighted by molar-refractivity contribution is 0.173. The third-order valence-corrected chi connectivity index (χ3v) is 5.10. The molecular weight excluding hydrogens is 306 g/mol. The Morgan fingerprint density at radius 1 is 1.42 bits per heavy atom. The molecule has 0 spiro atoms. The molecule has 1 aliphatic heterocycles. The van der Waals surface area contributed by atoms with Gasteiger partial charge in [0, 0.05) is 63.0 Å². The summed E-state index contributed by atoms with van der Waals surface area (Å²) in [5, 5.41) is 21.8. The predicted molar refractivity (Wildman–Crippen MR) is 88.3 cm³/mol. The summed E-state index contributed by atoms with van der Waals surface area (Å²) in [6, 6.07) is 0.444. The van der Waals surface area contributed by atoms with Crippen molar-refractivity contribution in [2.24, 2.45) is 7.05 Å². The molecule has 1 aliphatic carbocycles. The molecule has 2 aromatic heterocycles. The van der Waals surface area contributed by atoms with Crippen LogP contribution >= 0.6 is 0 Å². The summed E-state index contributed by atoms with van der Waals surface area (Å²) in [5.74, 6) is 1.05. The van der Waals surface area contributed by atoms with Gasteiger partial charge < -0.3 is 14.9 Å². The molecule has 2 atom stereocenters. The molecule has 1 fully saturated rings. The van der Waals surface area contributed by atoms with Gasteiger partial charge in [-0.05, 0) is 19.3 Å². The van der Waals surface area contributed by atoms with Gasteiger partial charge in [0.15, 0.2) is 0 Å². The summed E-state index contributed by atoms with van der Waals surface area (Å²) in [7, 11) is 1.94. The third-order valence-electron chi connectivity index (χ3n) is 5.10. The summed E-state index contributed by atoms with van der Waals surface area (Å²) in [6.45, 7) is 3.30. The van der Waals surface area contributed by atoms with Gasteiger partial charge in [-0.1, -0.05) is 5.16 Å². The molecule has 2 aliphatic rings. The molecule has 0 radical (unpaired) electrons. The Morgan fingerprint density at radius 3 is 3.08 bits per heavy atom. The van der Waals surface area contributed by atoms with Gasteiger partial charge >= 0.3 is 0 Å². The van der Waals surface area contributed by atoms with Crippen LogP contribution in [0.3, 0.4) is 0 Å². The number of fused-ring (bicyclic) bond motifs is 1. The second kappa shape index (κ2) is 6.66. The van der Waals surface area contributed by atoms with Crippen LogP contribution in [-0.4, -0.2) is 50.2 Å². The maximum absolute atomic E-state index is 9.69. The number of nitrogens with one attached hydrogen (secondary N) is 1. The molecule has 1 unspecified atom stereocenters. The van der Waals surface area contributed by atoms with Crippen molar-refractivity contribution in [3.8, 4) is 0 Å². The maximum Gasteiger partial charge on any atom is 0.140 e. The fourth-order valence-electron chi connectivity index (χ4n) is 3.75. The Morgan fingerprint density at radius 2 is 2.33 bits per heavy atom. The van der Waals surface area contributed by atoms with Crippen molar-refractivity contribution in [1.29, 1.82) is 0 Å². The van der Waals surface area contributed by atoms with E-state index in [1.807, 2.05) is 24.1 Å². The number of aliphatic hydroxyl groups excluding tert-OH is 1. The van der Waals surface area contributed by atoms with Crippen LogP contribution in [0.2, 0.25) is 0 Å². The van der Waals surface area contributed by atoms with E-state index in [1.165, 1.54) is 11.1 Å². The lowest BCUT2D eigenvalue weighted by Gasteiger charge is -2.23. The molecule has 7 nitrogen and oxygen atoms in total. The number of aromatic nitrogens is 3. The van der Waals surface area contributed by atoms with Gasteiger partial charge in [-0.3, -0.25) is 9.58 Å². The molecule has 2 aromatic rings. The third kappa shape index (κ3) is 3.38. The summed E-state index contributed by atoms with van der Waals surface area (Å²) < 4.78 is 7.39. The van der Waals surface area contributed by atoms with Crippen LogP contribution in [0, 0.1) is 0 Å². The monoisotopic (exact) mass is 331 g/mol. The number of β-amino-alcohol motifs (C(OH)–C–C–N with tert-alkyl or cyclic N) is 1. The zero-order valence-electron chi connectivity index (χ0n) is 14.1. The molecule has 4 rings (SSSR count). The zero-order valence-corrected chi connectivity index (χ0v) is 14.1. The lowest BCUT2D eigenvalue weighted by Crippen LogP contribution is -2.34. The number of hydrogen-bond donors (Lipinski definition) is 2. The first-order chi connectivity index (χ1) is 11.7. The van der Waals surface area contributed by atoms with Crippen molar-refractivity contribution < 1.29 is 9.63 Å². The summed E-state index contributed by atoms with van der Waals surface area (Å²) in [6.07, 6.45) is 7.59. The van der Waals surface area contributed by atoms with Gasteiger partial charge in [-0.15, -0.1) is 0 Å². The fourth-order valence-corrected chi connectivity index (χ4v) is 3.75. The smallest absolute Gasteiger partial charge is 0.140 e. The highest BCUT2D eigenvalue weighted by Crippen LogP contribution is 2.26. The van der Waals surface area contributed by atoms with Crippen LogP contribution in [0.15, 0.2) is 16.9 Å². The molecule has 130 valence electrons. The Kier molecular flexibility index (Phi) is 4.39. The van der Waals surface area contributed by atoms with Crippen molar-refractivity contribution in [3.05, 3.63) is 35.0 Å². The summed E-state index contributed by atoms with van der Waals surface area (Å²) in [5.41, 5.74) is 3.53. The highest BCUT2D eigenvalue weighted by molar-refractivity contribution is 5.27. The molecule has 2 N–H and O–H groups in total. The van der Waals surface area contributed by atoms with E-state index in [-0.39, 0.29) is 6.10 Å². The van der Waals surface area contributed by atoms with Gasteiger partial charge in [0.2, 0.25) is 0 Å². The maximum atomic E-state index is 9.69. The molecule has 3 heterocycles. The predicted octanol–water partition coefficient (Wildman–Crippen LogP) is 0.622. The Bertz CT molecular complexity index is 695. The highest BCUT2D eigenvalue weighted by atomic mass is 16.5. The first-order valence-corrected chi connectivity index (χ1v) is 8.75. The van der Waals surface area contributed by atoms with Crippen molar-refractivity contribution in [3.63, 3.8) is 0 Å². The second-order valence-corrected chi connectivity index (χ2v) is 7.05. The van der Waals surface area contributed by atoms with Crippen LogP contribution in [0.1, 0.15) is 35.4 Å². The normalized spacial score (nSPS) is 24.4. The lowest BCUT2D eigenvalue weighted by atomic mass is 9.92. The van der Waals surface area contributed by atoms with Crippen molar-refractivity contribution >= 4 is 0 Å². The number of rotatable bonds is 5. The topological polar surface area (TPSA) is 79.4 Å². The van der Waals surface area contributed by atoms with Gasteiger partial charge in [0.25, 0.3) is 0 Å². The average Bonchev–Trinajstić information content (AvgIpc) is 3.27. The number of likely N-dealkylation sites (tertiary alicyclic amines) is 1. The Hall–Kier alpha value is -1.70. The van der Waals surface area contributed by atoms with Crippen molar-refractivity contribution in [1.82, 2.24) is 25.2 Å². The fraction of sp³-hybridized carbons (Fsp3) is 0.647. The minimum Gasteiger partial charge on any atom is -0.392 e. The van der Waals surface area contributed by atoms with Crippen LogP contribution < -0.4 is 5.32 Å². The van der Waals surface area contributed by atoms with E-state index in [1.54, 1.807) is 0 Å². The largest absolute Gasteiger partial charge is 0.392 e. The zero-order chi connectivity index (χ0) is 16.5. The van der Waals surface area contributed by atoms with E-state index in [4.69, 9.17) is 4.52 Å². The number of nitrogens with zero attached hydrogens (tertiary/aromatic N) is 4. The summed E-state index contributed by atoms with van der Waals surface area (Å²) in [4.78, 5) is 2.26. The van der Waals surface area contributed by atoms with E-state index >= 15 is 0 Å². The number of hydrogen-bond acceptors (Lipinski definition) is 6. The van der Waals surface area contributed by atoms with E-state index in [2.05, 4.69) is 20.5 Å². The van der Waals surface area contributed by atoms with Gasteiger partial charge in [-0.2, -0.15) is 5.10 Å². The molecular formula is C17H25N5O2. The average molecular weight is 331 g/mol. The van der Waals surface area contributed by atoms with Crippen LogP contribution in [0.4, 0.5) is 0 Å². The molecule has 0 saturated carbocycles. The number of aryl methyl sites for hydroxylation is 2. The molecule has 24 heavy (non-hydrogen) atoms. The van der Waals surface area contributed by atoms with Gasteiger partial charge in [0.1, 0.15) is 11.5 Å². The van der Waals surface area contributed by atoms with E-state index < -0.39 is 0 Å². The van der Waals surface area contributed by atoms with E-state index in [9.17, 15) is 5.11 Å². The van der Waals surface area contributed by atoms with Crippen LogP contribution in [-0.2, 0) is 33.0 Å². The Labute approximate surface area is 141 Å². The standard InChI is InChI=1S/C17H25N5O2/c1-21-9-12(8-19-21)7-18-13-2-3-17-15(6-13)16(20-24-17)11-22-5-4-14(23)10-22/h8-9,13-14,18,23H,2-7,10-11H2,1H3/t13?,14-/m1/s1. The van der Waals surface area contributed by atoms with Crippen molar-refractivity contribution in [2.75, 3.05) is 13.1 Å². The molecule has 0 aromatic carbocycles. The quantitative estimate of drug-likeness (QED) is 0.836. The van der Waals surface area contributed by atoms with Crippen molar-refractivity contribution in [2.45, 2.75) is 50.9 Å². The summed E-state index contributed by atoms with van der Waals surface area (Å²) >= 11 is 0. The highest BCUT2D eigenvalue weighted by Gasteiger charge is 2.28. The number of aliphatic hydroxyl groups is 1. The molecule has 0 bridgehead atoms. The van der Waals surface area contributed by atoms with Gasteiger partial charge in [0.05, 0.1) is 12.3 Å². The SMILES string of the molecule is Cn1cc(CNC2CCc3onc(CN4CC[C@@H](O)C4)c3C2)cn1. The van der Waals surface area contributed by atoms with Crippen LogP contribution in [0.5, 0.6) is 0 Å². The van der Waals surface area contributed by atoms with Crippen LogP contribution in [0.25, 0.3) is 0 Å². The minimum atomic E-state index is -0.193. The van der Waals surface area contributed by atoms with Gasteiger partial charge in [-0.25, -0.2) is 0 Å². The minimum absolute atomic E-state index is 0.193. The molecule has 0 amide bonds. The first-order valence-electron chi connectivity index (χ1n) is 8.75. The molecule has 7 heteroatoms. The molecule has 1 saturated heterocycles. The first kappa shape index (κ1) is 15.8. The Balaban J connectivity index is 1.37. The van der Waals surface area contributed by atoms with E-state index in [0.717, 1.165) is 63.3 Å². The second-order valence-electron chi connectivity index (χ2n) is 7.05.